The van der Waals surface area contributed by atoms with E-state index in [1.165, 1.54) is 12.5 Å². The maximum Gasteiger partial charge on any atom is 0.325 e. The maximum atomic E-state index is 10.7. The zero-order valence-electron chi connectivity index (χ0n) is 7.18. The molecule has 2 aromatic rings. The van der Waals surface area contributed by atoms with Crippen LogP contribution in [0.3, 0.4) is 0 Å². The minimum absolute atomic E-state index is 0.445. The van der Waals surface area contributed by atoms with E-state index in [4.69, 9.17) is 15.3 Å². The fourth-order valence-corrected chi connectivity index (χ4v) is 1.27. The van der Waals surface area contributed by atoms with Gasteiger partial charge in [-0.3, -0.25) is 9.78 Å². The van der Waals surface area contributed by atoms with Crippen molar-refractivity contribution in [3.05, 3.63) is 30.3 Å². The van der Waals surface area contributed by atoms with Crippen molar-refractivity contribution in [2.75, 3.05) is 0 Å². The third-order valence-corrected chi connectivity index (χ3v) is 2.01. The molecule has 5 heteroatoms. The van der Waals surface area contributed by atoms with Crippen molar-refractivity contribution in [2.24, 2.45) is 5.73 Å². The second kappa shape index (κ2) is 3.12. The van der Waals surface area contributed by atoms with Gasteiger partial charge in [0, 0.05) is 23.3 Å². The minimum atomic E-state index is -1.09. The number of rotatable bonds is 2. The summed E-state index contributed by atoms with van der Waals surface area (Å²) in [5.74, 6) is -1.09. The van der Waals surface area contributed by atoms with E-state index in [1.54, 1.807) is 12.3 Å². The number of hydrogen-bond acceptors (Lipinski definition) is 4. The van der Waals surface area contributed by atoms with Gasteiger partial charge in [-0.05, 0) is 6.07 Å². The monoisotopic (exact) mass is 192 g/mol. The first kappa shape index (κ1) is 8.71. The van der Waals surface area contributed by atoms with Crippen molar-refractivity contribution in [1.82, 2.24) is 4.98 Å². The summed E-state index contributed by atoms with van der Waals surface area (Å²) in [5.41, 5.74) is 6.50. The lowest BCUT2D eigenvalue weighted by Gasteiger charge is -2.02. The summed E-state index contributed by atoms with van der Waals surface area (Å²) >= 11 is 0. The highest BCUT2D eigenvalue weighted by molar-refractivity contribution is 5.86. The van der Waals surface area contributed by atoms with E-state index in [0.29, 0.717) is 16.5 Å². The lowest BCUT2D eigenvalue weighted by Crippen LogP contribution is -2.20. The highest BCUT2D eigenvalue weighted by Gasteiger charge is 2.19. The van der Waals surface area contributed by atoms with Crippen LogP contribution >= 0.6 is 0 Å². The van der Waals surface area contributed by atoms with Gasteiger partial charge in [-0.25, -0.2) is 0 Å². The minimum Gasteiger partial charge on any atom is -0.480 e. The van der Waals surface area contributed by atoms with Crippen LogP contribution in [0.2, 0.25) is 0 Å². The maximum absolute atomic E-state index is 10.7. The van der Waals surface area contributed by atoms with Crippen molar-refractivity contribution in [3.63, 3.8) is 0 Å². The number of furan rings is 1. The molecule has 0 saturated carbocycles. The lowest BCUT2D eigenvalue weighted by molar-refractivity contribution is -0.138. The van der Waals surface area contributed by atoms with Crippen LogP contribution in [0, 0.1) is 0 Å². The molecule has 0 amide bonds. The van der Waals surface area contributed by atoms with E-state index >= 15 is 0 Å². The molecule has 0 aliphatic carbocycles. The predicted molar refractivity (Wildman–Crippen MR) is 48.6 cm³/mol. The third-order valence-electron chi connectivity index (χ3n) is 2.01. The van der Waals surface area contributed by atoms with Gasteiger partial charge < -0.3 is 15.3 Å². The van der Waals surface area contributed by atoms with Crippen LogP contribution in [0.4, 0.5) is 0 Å². The molecule has 0 bridgehead atoms. The molecule has 72 valence electrons. The van der Waals surface area contributed by atoms with Gasteiger partial charge in [0.2, 0.25) is 0 Å². The van der Waals surface area contributed by atoms with E-state index in [0.717, 1.165) is 0 Å². The van der Waals surface area contributed by atoms with Gasteiger partial charge in [0.25, 0.3) is 0 Å². The summed E-state index contributed by atoms with van der Waals surface area (Å²) in [7, 11) is 0. The lowest BCUT2D eigenvalue weighted by atomic mass is 10.1. The molecule has 2 rings (SSSR count). The Kier molecular flexibility index (Phi) is 1.94. The van der Waals surface area contributed by atoms with Crippen LogP contribution in [0.5, 0.6) is 0 Å². The molecule has 0 aliphatic heterocycles. The molecule has 0 aliphatic rings. The molecule has 0 radical (unpaired) electrons. The molecule has 2 aromatic heterocycles. The molecular weight excluding hydrogens is 184 g/mol. The summed E-state index contributed by atoms with van der Waals surface area (Å²) in [4.78, 5) is 14.5. The number of carbonyl (C=O) groups is 1. The molecule has 5 nitrogen and oxygen atoms in total. The quantitative estimate of drug-likeness (QED) is 0.738. The number of fused-ring (bicyclic) bond motifs is 1. The summed E-state index contributed by atoms with van der Waals surface area (Å²) in [6.07, 6.45) is 4.46. The number of aliphatic carboxylic acids is 1. The zero-order valence-corrected chi connectivity index (χ0v) is 7.18. The molecule has 14 heavy (non-hydrogen) atoms. The molecule has 0 spiro atoms. The Morgan fingerprint density at radius 3 is 3.14 bits per heavy atom. The van der Waals surface area contributed by atoms with E-state index in [2.05, 4.69) is 4.98 Å². The van der Waals surface area contributed by atoms with Gasteiger partial charge in [-0.15, -0.1) is 0 Å². The van der Waals surface area contributed by atoms with Crippen molar-refractivity contribution >= 4 is 16.9 Å². The summed E-state index contributed by atoms with van der Waals surface area (Å²) in [6.45, 7) is 0. The second-order valence-corrected chi connectivity index (χ2v) is 2.88. The van der Waals surface area contributed by atoms with Crippen molar-refractivity contribution in [2.45, 2.75) is 6.04 Å². The number of carboxylic acids is 1. The predicted octanol–water partition coefficient (Wildman–Crippen LogP) is 0.912. The first-order valence-corrected chi connectivity index (χ1v) is 3.99. The third kappa shape index (κ3) is 1.23. The number of nitrogens with two attached hydrogens (primary N) is 1. The Balaban J connectivity index is 2.58. The highest BCUT2D eigenvalue weighted by atomic mass is 16.4. The van der Waals surface area contributed by atoms with Crippen LogP contribution in [0.25, 0.3) is 11.0 Å². The Labute approximate surface area is 79.2 Å². The first-order valence-electron chi connectivity index (χ1n) is 3.99. The van der Waals surface area contributed by atoms with E-state index in [1.807, 2.05) is 0 Å². The second-order valence-electron chi connectivity index (χ2n) is 2.88. The Bertz CT molecular complexity index is 478. The molecule has 3 N–H and O–H groups in total. The van der Waals surface area contributed by atoms with Crippen molar-refractivity contribution < 1.29 is 14.3 Å². The molecule has 1 unspecified atom stereocenters. The normalized spacial score (nSPS) is 12.9. The Morgan fingerprint density at radius 2 is 2.43 bits per heavy atom. The highest BCUT2D eigenvalue weighted by Crippen LogP contribution is 2.24. The molecule has 0 fully saturated rings. The average molecular weight is 192 g/mol. The molecule has 0 saturated heterocycles. The fourth-order valence-electron chi connectivity index (χ4n) is 1.27. The van der Waals surface area contributed by atoms with Crippen LogP contribution in [-0.4, -0.2) is 16.1 Å². The number of hydrogen-bond donors (Lipinski definition) is 2. The largest absolute Gasteiger partial charge is 0.480 e. The summed E-state index contributed by atoms with van der Waals surface area (Å²) < 4.78 is 5.14. The van der Waals surface area contributed by atoms with Gasteiger partial charge in [0.15, 0.2) is 0 Å². The van der Waals surface area contributed by atoms with Gasteiger partial charge in [-0.1, -0.05) is 0 Å². The molecule has 1 atom stereocenters. The number of pyridine rings is 1. The number of nitrogens with zero attached hydrogens (tertiary/aromatic N) is 1. The summed E-state index contributed by atoms with van der Waals surface area (Å²) in [6, 6.07) is 0.591. The number of carboxylic acid groups (broad SMARTS) is 1. The van der Waals surface area contributed by atoms with E-state index in [9.17, 15) is 4.79 Å². The van der Waals surface area contributed by atoms with Crippen LogP contribution in [0.1, 0.15) is 11.6 Å². The smallest absolute Gasteiger partial charge is 0.325 e. The van der Waals surface area contributed by atoms with Gasteiger partial charge >= 0.3 is 5.97 Å². The van der Waals surface area contributed by atoms with Gasteiger partial charge in [0.1, 0.15) is 11.6 Å². The van der Waals surface area contributed by atoms with Crippen LogP contribution < -0.4 is 5.73 Å². The number of aromatic nitrogens is 1. The molecular formula is C9H8N2O3. The first-order chi connectivity index (χ1) is 6.70. The summed E-state index contributed by atoms with van der Waals surface area (Å²) in [5, 5.41) is 9.37. The topological polar surface area (TPSA) is 89.4 Å². The Morgan fingerprint density at radius 1 is 1.64 bits per heavy atom. The molecule has 2 heterocycles. The van der Waals surface area contributed by atoms with Crippen LogP contribution in [-0.2, 0) is 4.79 Å². The Hall–Kier alpha value is -1.88. The van der Waals surface area contributed by atoms with E-state index in [-0.39, 0.29) is 0 Å². The van der Waals surface area contributed by atoms with Crippen LogP contribution in [0.15, 0.2) is 29.1 Å². The van der Waals surface area contributed by atoms with Gasteiger partial charge in [-0.2, -0.15) is 0 Å². The van der Waals surface area contributed by atoms with E-state index < -0.39 is 12.0 Å². The molecule has 0 aromatic carbocycles. The van der Waals surface area contributed by atoms with Crippen molar-refractivity contribution in [1.29, 1.82) is 0 Å². The standard InChI is InChI=1S/C9H8N2O3/c10-8(9(12)13)6-4-14-7-1-2-11-3-5(6)7/h1-4,8H,10H2,(H,12,13). The average Bonchev–Trinajstić information content (AvgIpc) is 2.60. The fraction of sp³-hybridized carbons (Fsp3) is 0.111. The van der Waals surface area contributed by atoms with Crippen molar-refractivity contribution in [3.8, 4) is 0 Å². The SMILES string of the molecule is NC(C(=O)O)c1coc2ccncc12. The van der Waals surface area contributed by atoms with Gasteiger partial charge in [0.05, 0.1) is 6.26 Å². The zero-order chi connectivity index (χ0) is 10.1.